The van der Waals surface area contributed by atoms with Gasteiger partial charge in [-0.3, -0.25) is 9.59 Å². The molecule has 0 aliphatic carbocycles. The van der Waals surface area contributed by atoms with Crippen LogP contribution in [0.1, 0.15) is 24.2 Å². The van der Waals surface area contributed by atoms with Crippen molar-refractivity contribution < 1.29 is 19.1 Å². The summed E-state index contributed by atoms with van der Waals surface area (Å²) in [5.41, 5.74) is -0.817. The van der Waals surface area contributed by atoms with E-state index < -0.39 is 17.2 Å². The first-order valence-electron chi connectivity index (χ1n) is 4.92. The lowest BCUT2D eigenvalue weighted by molar-refractivity contribution is -0.128. The summed E-state index contributed by atoms with van der Waals surface area (Å²) in [6, 6.07) is 4.85. The summed E-state index contributed by atoms with van der Waals surface area (Å²) < 4.78 is 10.5. The Balaban J connectivity index is 2.55. The van der Waals surface area contributed by atoms with Crippen LogP contribution in [0.2, 0.25) is 0 Å². The van der Waals surface area contributed by atoms with E-state index in [1.165, 1.54) is 13.2 Å². The Hall–Kier alpha value is -1.84. The predicted molar refractivity (Wildman–Crippen MR) is 57.0 cm³/mol. The standard InChI is InChI=1S/C12H12O4/c1-12(2)11(14)10(13)8-6-7(15-3)4-5-9(8)16-12/h4-6H,1-3H3. The second kappa shape index (κ2) is 3.33. The van der Waals surface area contributed by atoms with E-state index in [2.05, 4.69) is 0 Å². The lowest BCUT2D eigenvalue weighted by Gasteiger charge is -2.29. The van der Waals surface area contributed by atoms with Crippen LogP contribution in [-0.2, 0) is 4.79 Å². The lowest BCUT2D eigenvalue weighted by Crippen LogP contribution is -2.46. The quantitative estimate of drug-likeness (QED) is 0.675. The molecule has 0 spiro atoms. The SMILES string of the molecule is COc1ccc2c(c1)C(=O)C(=O)C(C)(C)O2. The van der Waals surface area contributed by atoms with E-state index in [1.54, 1.807) is 26.0 Å². The molecule has 1 aliphatic rings. The lowest BCUT2D eigenvalue weighted by atomic mass is 9.91. The molecule has 0 radical (unpaired) electrons. The third kappa shape index (κ3) is 1.46. The minimum atomic E-state index is -1.08. The Labute approximate surface area is 93.2 Å². The van der Waals surface area contributed by atoms with Crippen molar-refractivity contribution in [1.82, 2.24) is 0 Å². The van der Waals surface area contributed by atoms with E-state index in [0.29, 0.717) is 11.5 Å². The summed E-state index contributed by atoms with van der Waals surface area (Å²) in [5, 5.41) is 0. The van der Waals surface area contributed by atoms with Crippen LogP contribution in [0, 0.1) is 0 Å². The molecule has 4 heteroatoms. The summed E-state index contributed by atoms with van der Waals surface area (Å²) >= 11 is 0. The van der Waals surface area contributed by atoms with Crippen molar-refractivity contribution in [3.05, 3.63) is 23.8 Å². The van der Waals surface area contributed by atoms with Gasteiger partial charge in [0.05, 0.1) is 12.7 Å². The number of fused-ring (bicyclic) bond motifs is 1. The largest absolute Gasteiger partial charge is 0.497 e. The van der Waals surface area contributed by atoms with Gasteiger partial charge in [-0.25, -0.2) is 0 Å². The molecule has 1 aromatic rings. The number of ketones is 2. The molecule has 0 saturated heterocycles. The highest BCUT2D eigenvalue weighted by Gasteiger charge is 2.41. The van der Waals surface area contributed by atoms with Gasteiger partial charge in [0.15, 0.2) is 5.60 Å². The van der Waals surface area contributed by atoms with Crippen molar-refractivity contribution >= 4 is 11.6 Å². The van der Waals surface area contributed by atoms with Crippen LogP contribution in [0.3, 0.4) is 0 Å². The van der Waals surface area contributed by atoms with Crippen molar-refractivity contribution in [1.29, 1.82) is 0 Å². The summed E-state index contributed by atoms with van der Waals surface area (Å²) in [7, 11) is 1.50. The average Bonchev–Trinajstić information content (AvgIpc) is 2.25. The van der Waals surface area contributed by atoms with E-state index in [-0.39, 0.29) is 5.56 Å². The Bertz CT molecular complexity index is 474. The van der Waals surface area contributed by atoms with Gasteiger partial charge < -0.3 is 9.47 Å². The molecule has 0 aromatic heterocycles. The van der Waals surface area contributed by atoms with Crippen LogP contribution in [0.4, 0.5) is 0 Å². The molecule has 84 valence electrons. The zero-order valence-electron chi connectivity index (χ0n) is 9.37. The second-order valence-electron chi connectivity index (χ2n) is 4.13. The maximum Gasteiger partial charge on any atom is 0.246 e. The Morgan fingerprint density at radius 2 is 1.94 bits per heavy atom. The highest BCUT2D eigenvalue weighted by Crippen LogP contribution is 2.33. The number of benzene rings is 1. The molecule has 1 aliphatic heterocycles. The van der Waals surface area contributed by atoms with Crippen molar-refractivity contribution in [2.24, 2.45) is 0 Å². The van der Waals surface area contributed by atoms with Gasteiger partial charge in [0.1, 0.15) is 11.5 Å². The van der Waals surface area contributed by atoms with Gasteiger partial charge in [-0.1, -0.05) is 0 Å². The van der Waals surface area contributed by atoms with E-state index >= 15 is 0 Å². The second-order valence-corrected chi connectivity index (χ2v) is 4.13. The maximum absolute atomic E-state index is 11.8. The number of carbonyl (C=O) groups excluding carboxylic acids is 2. The van der Waals surface area contributed by atoms with Crippen LogP contribution in [-0.4, -0.2) is 24.3 Å². The van der Waals surface area contributed by atoms with Gasteiger partial charge in [-0.05, 0) is 32.0 Å². The van der Waals surface area contributed by atoms with E-state index in [9.17, 15) is 9.59 Å². The first kappa shape index (κ1) is 10.7. The van der Waals surface area contributed by atoms with E-state index in [4.69, 9.17) is 9.47 Å². The molecule has 4 nitrogen and oxygen atoms in total. The highest BCUT2D eigenvalue weighted by molar-refractivity contribution is 6.47. The number of rotatable bonds is 1. The first-order valence-corrected chi connectivity index (χ1v) is 4.92. The predicted octanol–water partition coefficient (Wildman–Crippen LogP) is 1.62. The number of hydrogen-bond donors (Lipinski definition) is 0. The van der Waals surface area contributed by atoms with Gasteiger partial charge in [0, 0.05) is 0 Å². The fraction of sp³-hybridized carbons (Fsp3) is 0.333. The first-order chi connectivity index (χ1) is 7.45. The monoisotopic (exact) mass is 220 g/mol. The molecular weight excluding hydrogens is 208 g/mol. The van der Waals surface area contributed by atoms with Crippen LogP contribution in [0.15, 0.2) is 18.2 Å². The minimum absolute atomic E-state index is 0.267. The van der Waals surface area contributed by atoms with Crippen LogP contribution >= 0.6 is 0 Å². The van der Waals surface area contributed by atoms with Crippen molar-refractivity contribution in [2.75, 3.05) is 7.11 Å². The Morgan fingerprint density at radius 1 is 1.25 bits per heavy atom. The molecular formula is C12H12O4. The molecule has 1 aromatic carbocycles. The zero-order chi connectivity index (χ0) is 11.9. The molecule has 16 heavy (non-hydrogen) atoms. The van der Waals surface area contributed by atoms with Crippen molar-refractivity contribution in [3.63, 3.8) is 0 Å². The van der Waals surface area contributed by atoms with E-state index in [1.807, 2.05) is 0 Å². The third-order valence-electron chi connectivity index (χ3n) is 2.55. The number of Topliss-reactive ketones (excluding diaryl/α,β-unsaturated/α-hetero) is 2. The van der Waals surface area contributed by atoms with Crippen molar-refractivity contribution in [2.45, 2.75) is 19.4 Å². The molecule has 0 bridgehead atoms. The van der Waals surface area contributed by atoms with Crippen LogP contribution < -0.4 is 9.47 Å². The Morgan fingerprint density at radius 3 is 2.56 bits per heavy atom. The number of methoxy groups -OCH3 is 1. The fourth-order valence-corrected chi connectivity index (χ4v) is 1.62. The molecule has 0 unspecified atom stereocenters. The molecule has 0 atom stereocenters. The highest BCUT2D eigenvalue weighted by atomic mass is 16.5. The topological polar surface area (TPSA) is 52.6 Å². The average molecular weight is 220 g/mol. The summed E-state index contributed by atoms with van der Waals surface area (Å²) in [6.07, 6.45) is 0. The summed E-state index contributed by atoms with van der Waals surface area (Å²) in [6.45, 7) is 3.17. The number of hydrogen-bond acceptors (Lipinski definition) is 4. The Kier molecular flexibility index (Phi) is 2.22. The van der Waals surface area contributed by atoms with Gasteiger partial charge in [0.2, 0.25) is 11.6 Å². The molecule has 0 N–H and O–H groups in total. The van der Waals surface area contributed by atoms with Crippen LogP contribution in [0.25, 0.3) is 0 Å². The molecule has 2 rings (SSSR count). The summed E-state index contributed by atoms with van der Waals surface area (Å²) in [4.78, 5) is 23.5. The maximum atomic E-state index is 11.8. The van der Waals surface area contributed by atoms with Crippen molar-refractivity contribution in [3.8, 4) is 11.5 Å². The van der Waals surface area contributed by atoms with Crippen LogP contribution in [0.5, 0.6) is 11.5 Å². The minimum Gasteiger partial charge on any atom is -0.497 e. The molecule has 0 fully saturated rings. The smallest absolute Gasteiger partial charge is 0.246 e. The zero-order valence-corrected chi connectivity index (χ0v) is 9.37. The number of ether oxygens (including phenoxy) is 2. The van der Waals surface area contributed by atoms with Gasteiger partial charge in [-0.2, -0.15) is 0 Å². The summed E-state index contributed by atoms with van der Waals surface area (Å²) in [5.74, 6) is -0.1000. The molecule has 0 amide bonds. The van der Waals surface area contributed by atoms with Gasteiger partial charge in [-0.15, -0.1) is 0 Å². The molecule has 1 heterocycles. The number of carbonyl (C=O) groups is 2. The fourth-order valence-electron chi connectivity index (χ4n) is 1.62. The van der Waals surface area contributed by atoms with E-state index in [0.717, 1.165) is 0 Å². The molecule has 0 saturated carbocycles. The van der Waals surface area contributed by atoms with Gasteiger partial charge >= 0.3 is 0 Å². The van der Waals surface area contributed by atoms with Gasteiger partial charge in [0.25, 0.3) is 0 Å². The third-order valence-corrected chi connectivity index (χ3v) is 2.55. The normalized spacial score (nSPS) is 17.7.